The van der Waals surface area contributed by atoms with E-state index in [1.54, 1.807) is 6.20 Å². The molecule has 3 N–H and O–H groups in total. The molecule has 6 nitrogen and oxygen atoms in total. The molecule has 2 aromatic rings. The van der Waals surface area contributed by atoms with Crippen LogP contribution in [0.1, 0.15) is 25.1 Å². The summed E-state index contributed by atoms with van der Waals surface area (Å²) in [6, 6.07) is 2.55. The highest BCUT2D eigenvalue weighted by molar-refractivity contribution is 5.90. The molecule has 0 saturated heterocycles. The van der Waals surface area contributed by atoms with E-state index in [4.69, 9.17) is 5.73 Å². The molecule has 0 saturated carbocycles. The number of hydrogen-bond acceptors (Lipinski definition) is 4. The van der Waals surface area contributed by atoms with Gasteiger partial charge < -0.3 is 11.1 Å². The van der Waals surface area contributed by atoms with Crippen LogP contribution in [0, 0.1) is 11.6 Å². The number of nitrogens with two attached hydrogens (primary N) is 1. The number of anilines is 1. The van der Waals surface area contributed by atoms with Crippen LogP contribution in [0.5, 0.6) is 0 Å². The molecule has 0 radical (unpaired) electrons. The molecule has 1 aromatic heterocycles. The van der Waals surface area contributed by atoms with Crippen LogP contribution in [0.15, 0.2) is 24.4 Å². The van der Waals surface area contributed by atoms with Crippen molar-refractivity contribution < 1.29 is 13.6 Å². The zero-order chi connectivity index (χ0) is 15.4. The molecule has 1 amide bonds. The van der Waals surface area contributed by atoms with Gasteiger partial charge in [-0.25, -0.2) is 13.5 Å². The summed E-state index contributed by atoms with van der Waals surface area (Å²) in [5.74, 6) is -1.99. The smallest absolute Gasteiger partial charge is 0.246 e. The van der Waals surface area contributed by atoms with Gasteiger partial charge in [0.15, 0.2) is 0 Å². The van der Waals surface area contributed by atoms with Gasteiger partial charge in [0.2, 0.25) is 5.91 Å². The molecule has 112 valence electrons. The fraction of sp³-hybridized carbons (Fsp3) is 0.308. The van der Waals surface area contributed by atoms with E-state index in [1.807, 2.05) is 6.92 Å². The number of benzene rings is 1. The predicted molar refractivity (Wildman–Crippen MR) is 72.2 cm³/mol. The van der Waals surface area contributed by atoms with Gasteiger partial charge >= 0.3 is 0 Å². The third-order valence-electron chi connectivity index (χ3n) is 2.83. The van der Waals surface area contributed by atoms with Crippen molar-refractivity contribution in [2.75, 3.05) is 5.32 Å². The number of nitrogens with zero attached hydrogens (tertiary/aromatic N) is 3. The molecule has 21 heavy (non-hydrogen) atoms. The lowest BCUT2D eigenvalue weighted by Crippen LogP contribution is -2.19. The van der Waals surface area contributed by atoms with E-state index in [2.05, 4.69) is 15.6 Å². The van der Waals surface area contributed by atoms with Gasteiger partial charge in [-0.15, -0.1) is 5.10 Å². The van der Waals surface area contributed by atoms with Crippen LogP contribution in [0.3, 0.4) is 0 Å². The number of amides is 1. The summed E-state index contributed by atoms with van der Waals surface area (Å²) >= 11 is 0. The largest absolute Gasteiger partial charge is 0.324 e. The number of hydrogen-bond donors (Lipinski definition) is 2. The van der Waals surface area contributed by atoms with Gasteiger partial charge in [-0.1, -0.05) is 12.1 Å². The van der Waals surface area contributed by atoms with Gasteiger partial charge in [0, 0.05) is 11.8 Å². The highest BCUT2D eigenvalue weighted by Crippen LogP contribution is 2.13. The SMILES string of the molecule is CCC(N)c1cn(CC(=O)Nc2cc(F)cc(F)c2)nn1. The van der Waals surface area contributed by atoms with E-state index in [9.17, 15) is 13.6 Å². The van der Waals surface area contributed by atoms with Gasteiger partial charge in [0.25, 0.3) is 0 Å². The maximum Gasteiger partial charge on any atom is 0.246 e. The summed E-state index contributed by atoms with van der Waals surface area (Å²) in [5.41, 5.74) is 6.43. The van der Waals surface area contributed by atoms with Crippen LogP contribution in [-0.2, 0) is 11.3 Å². The lowest BCUT2D eigenvalue weighted by Gasteiger charge is -2.05. The van der Waals surface area contributed by atoms with E-state index >= 15 is 0 Å². The molecule has 2 rings (SSSR count). The second kappa shape index (κ2) is 6.40. The first kappa shape index (κ1) is 15.0. The standard InChI is InChI=1S/C13H15F2N5O/c1-2-11(16)12-6-20(19-18-12)7-13(21)17-10-4-8(14)3-9(15)5-10/h3-6,11H,2,7,16H2,1H3,(H,17,21). The summed E-state index contributed by atoms with van der Waals surface area (Å²) < 4.78 is 27.3. The van der Waals surface area contributed by atoms with Crippen molar-refractivity contribution in [3.8, 4) is 0 Å². The van der Waals surface area contributed by atoms with Gasteiger partial charge in [0.05, 0.1) is 17.9 Å². The normalized spacial score (nSPS) is 12.2. The van der Waals surface area contributed by atoms with E-state index in [0.29, 0.717) is 12.1 Å². The second-order valence-corrected chi connectivity index (χ2v) is 4.56. The Balaban J connectivity index is 1.99. The van der Waals surface area contributed by atoms with Crippen molar-refractivity contribution in [3.05, 3.63) is 41.7 Å². The predicted octanol–water partition coefficient (Wildman–Crippen LogP) is 1.60. The fourth-order valence-corrected chi connectivity index (χ4v) is 1.74. The minimum atomic E-state index is -0.762. The lowest BCUT2D eigenvalue weighted by molar-refractivity contribution is -0.116. The summed E-state index contributed by atoms with van der Waals surface area (Å²) in [4.78, 5) is 11.8. The molecule has 1 aromatic carbocycles. The Kier molecular flexibility index (Phi) is 4.59. The number of nitrogens with one attached hydrogen (secondary N) is 1. The van der Waals surface area contributed by atoms with Crippen LogP contribution < -0.4 is 11.1 Å². The third kappa shape index (κ3) is 4.06. The highest BCUT2D eigenvalue weighted by atomic mass is 19.1. The highest BCUT2D eigenvalue weighted by Gasteiger charge is 2.11. The average molecular weight is 295 g/mol. The Bertz CT molecular complexity index is 623. The first-order valence-electron chi connectivity index (χ1n) is 6.39. The Morgan fingerprint density at radius 2 is 2.05 bits per heavy atom. The number of aromatic nitrogens is 3. The van der Waals surface area contributed by atoms with Crippen molar-refractivity contribution in [2.45, 2.75) is 25.9 Å². The molecule has 0 spiro atoms. The Morgan fingerprint density at radius 1 is 1.38 bits per heavy atom. The van der Waals surface area contributed by atoms with Gasteiger partial charge in [-0.3, -0.25) is 4.79 Å². The maximum absolute atomic E-state index is 13.0. The van der Waals surface area contributed by atoms with Crippen LogP contribution >= 0.6 is 0 Å². The van der Waals surface area contributed by atoms with Crippen molar-refractivity contribution in [1.29, 1.82) is 0 Å². The van der Waals surface area contributed by atoms with E-state index in [-0.39, 0.29) is 18.3 Å². The maximum atomic E-state index is 13.0. The van der Waals surface area contributed by atoms with Crippen LogP contribution in [0.2, 0.25) is 0 Å². The second-order valence-electron chi connectivity index (χ2n) is 4.56. The molecule has 0 bridgehead atoms. The van der Waals surface area contributed by atoms with Crippen LogP contribution in [-0.4, -0.2) is 20.9 Å². The van der Waals surface area contributed by atoms with Crippen molar-refractivity contribution in [1.82, 2.24) is 15.0 Å². The van der Waals surface area contributed by atoms with Crippen molar-refractivity contribution >= 4 is 11.6 Å². The molecule has 8 heteroatoms. The zero-order valence-electron chi connectivity index (χ0n) is 11.4. The average Bonchev–Trinajstić information content (AvgIpc) is 2.84. The summed E-state index contributed by atoms with van der Waals surface area (Å²) in [6.45, 7) is 1.79. The lowest BCUT2D eigenvalue weighted by atomic mass is 10.2. The summed E-state index contributed by atoms with van der Waals surface area (Å²) in [7, 11) is 0. The number of carbonyl (C=O) groups is 1. The zero-order valence-corrected chi connectivity index (χ0v) is 11.4. The number of rotatable bonds is 5. The van der Waals surface area contributed by atoms with E-state index < -0.39 is 17.5 Å². The van der Waals surface area contributed by atoms with E-state index in [1.165, 1.54) is 4.68 Å². The monoisotopic (exact) mass is 295 g/mol. The molecule has 0 fully saturated rings. The molecule has 0 aliphatic heterocycles. The van der Waals surface area contributed by atoms with Crippen molar-refractivity contribution in [2.24, 2.45) is 5.73 Å². The third-order valence-corrected chi connectivity index (χ3v) is 2.83. The van der Waals surface area contributed by atoms with Crippen LogP contribution in [0.25, 0.3) is 0 Å². The minimum Gasteiger partial charge on any atom is -0.324 e. The number of carbonyl (C=O) groups excluding carboxylic acids is 1. The van der Waals surface area contributed by atoms with Gasteiger partial charge in [-0.05, 0) is 18.6 Å². The molecule has 1 atom stereocenters. The molecule has 0 aliphatic rings. The van der Waals surface area contributed by atoms with Crippen LogP contribution in [0.4, 0.5) is 14.5 Å². The minimum absolute atomic E-state index is 0.0445. The summed E-state index contributed by atoms with van der Waals surface area (Å²) in [5, 5.41) is 10.0. The molecule has 0 aliphatic carbocycles. The Labute approximate surface area is 119 Å². The van der Waals surface area contributed by atoms with Crippen molar-refractivity contribution in [3.63, 3.8) is 0 Å². The van der Waals surface area contributed by atoms with Gasteiger partial charge in [-0.2, -0.15) is 0 Å². The molecule has 1 unspecified atom stereocenters. The van der Waals surface area contributed by atoms with Gasteiger partial charge in [0.1, 0.15) is 18.2 Å². The number of halogens is 2. The fourth-order valence-electron chi connectivity index (χ4n) is 1.74. The molecular formula is C13H15F2N5O. The topological polar surface area (TPSA) is 85.8 Å². The van der Waals surface area contributed by atoms with E-state index in [0.717, 1.165) is 18.2 Å². The summed E-state index contributed by atoms with van der Waals surface area (Å²) in [6.07, 6.45) is 2.27. The molecular weight excluding hydrogens is 280 g/mol. The molecule has 1 heterocycles. The first-order chi connectivity index (χ1) is 9.97. The quantitative estimate of drug-likeness (QED) is 0.877. The first-order valence-corrected chi connectivity index (χ1v) is 6.39. The Hall–Kier alpha value is -2.35. The Morgan fingerprint density at radius 3 is 2.67 bits per heavy atom.